The van der Waals surface area contributed by atoms with Gasteiger partial charge in [-0.25, -0.2) is 4.98 Å². The third-order valence-corrected chi connectivity index (χ3v) is 4.97. The number of aromatic nitrogens is 1. The van der Waals surface area contributed by atoms with Crippen LogP contribution in [0.4, 0.5) is 0 Å². The summed E-state index contributed by atoms with van der Waals surface area (Å²) >= 11 is 1.59. The maximum atomic E-state index is 12.7. The predicted octanol–water partition coefficient (Wildman–Crippen LogP) is 2.33. The minimum atomic E-state index is -0.0295. The fourth-order valence-corrected chi connectivity index (χ4v) is 3.36. The first-order valence-corrected chi connectivity index (χ1v) is 9.09. The number of carbonyl (C=O) groups excluding carboxylic acids is 2. The topological polar surface area (TPSA) is 62.7 Å². The molecule has 132 valence electrons. The first kappa shape index (κ1) is 17.4. The van der Waals surface area contributed by atoms with Crippen LogP contribution in [-0.2, 0) is 11.4 Å². The normalized spacial score (nSPS) is 14.5. The molecule has 0 saturated carbocycles. The van der Waals surface area contributed by atoms with Gasteiger partial charge < -0.3 is 14.5 Å². The van der Waals surface area contributed by atoms with Gasteiger partial charge in [-0.15, -0.1) is 11.3 Å². The quantitative estimate of drug-likeness (QED) is 0.841. The van der Waals surface area contributed by atoms with Gasteiger partial charge in [0.1, 0.15) is 12.4 Å². The summed E-state index contributed by atoms with van der Waals surface area (Å²) in [4.78, 5) is 32.0. The molecular weight excluding hydrogens is 338 g/mol. The van der Waals surface area contributed by atoms with Gasteiger partial charge in [0, 0.05) is 44.0 Å². The molecule has 1 aliphatic rings. The van der Waals surface area contributed by atoms with E-state index in [0.717, 1.165) is 10.7 Å². The molecule has 0 spiro atoms. The number of rotatable bonds is 4. The van der Waals surface area contributed by atoms with Gasteiger partial charge in [0.25, 0.3) is 5.91 Å². The van der Waals surface area contributed by atoms with Gasteiger partial charge in [0.2, 0.25) is 5.91 Å². The van der Waals surface area contributed by atoms with E-state index in [1.807, 2.05) is 24.4 Å². The van der Waals surface area contributed by atoms with Crippen molar-refractivity contribution in [1.82, 2.24) is 14.8 Å². The van der Waals surface area contributed by atoms with E-state index in [9.17, 15) is 9.59 Å². The Morgan fingerprint density at radius 2 is 1.92 bits per heavy atom. The van der Waals surface area contributed by atoms with Crippen molar-refractivity contribution in [1.29, 1.82) is 0 Å². The number of piperazine rings is 1. The van der Waals surface area contributed by atoms with E-state index in [1.54, 1.807) is 40.2 Å². The minimum Gasteiger partial charge on any atom is -0.487 e. The smallest absolute Gasteiger partial charge is 0.254 e. The molecule has 0 radical (unpaired) electrons. The number of nitrogens with zero attached hydrogens (tertiary/aromatic N) is 3. The van der Waals surface area contributed by atoms with E-state index in [0.29, 0.717) is 44.1 Å². The van der Waals surface area contributed by atoms with Crippen molar-refractivity contribution >= 4 is 23.2 Å². The molecular formula is C18H21N3O3S. The van der Waals surface area contributed by atoms with Gasteiger partial charge in [0.15, 0.2) is 0 Å². The molecule has 25 heavy (non-hydrogen) atoms. The third-order valence-electron chi connectivity index (χ3n) is 4.15. The van der Waals surface area contributed by atoms with Crippen LogP contribution in [0.3, 0.4) is 0 Å². The van der Waals surface area contributed by atoms with Crippen LogP contribution in [-0.4, -0.2) is 52.8 Å². The average molecular weight is 359 g/mol. The highest BCUT2D eigenvalue weighted by molar-refractivity contribution is 7.09. The highest BCUT2D eigenvalue weighted by atomic mass is 32.1. The van der Waals surface area contributed by atoms with Gasteiger partial charge in [-0.1, -0.05) is 6.07 Å². The van der Waals surface area contributed by atoms with Crippen LogP contribution in [0.2, 0.25) is 0 Å². The number of benzene rings is 1. The zero-order valence-corrected chi connectivity index (χ0v) is 15.2. The second kappa shape index (κ2) is 7.65. The maximum absolute atomic E-state index is 12.7. The molecule has 1 aromatic carbocycles. The van der Waals surface area contributed by atoms with E-state index in [1.165, 1.54) is 0 Å². The van der Waals surface area contributed by atoms with Crippen LogP contribution in [0.25, 0.3) is 0 Å². The molecule has 3 rings (SSSR count). The van der Waals surface area contributed by atoms with E-state index in [-0.39, 0.29) is 11.8 Å². The molecule has 0 bridgehead atoms. The number of hydrogen-bond acceptors (Lipinski definition) is 5. The number of amides is 2. The number of hydrogen-bond donors (Lipinski definition) is 0. The summed E-state index contributed by atoms with van der Waals surface area (Å²) in [7, 11) is 0. The summed E-state index contributed by atoms with van der Waals surface area (Å²) < 4.78 is 5.75. The zero-order chi connectivity index (χ0) is 17.8. The van der Waals surface area contributed by atoms with Crippen molar-refractivity contribution in [3.05, 3.63) is 45.9 Å². The van der Waals surface area contributed by atoms with Gasteiger partial charge in [0.05, 0.1) is 10.7 Å². The maximum Gasteiger partial charge on any atom is 0.254 e. The Kier molecular flexibility index (Phi) is 5.33. The molecule has 0 aliphatic carbocycles. The Morgan fingerprint density at radius 3 is 2.56 bits per heavy atom. The summed E-state index contributed by atoms with van der Waals surface area (Å²) in [6.45, 7) is 6.19. The molecule has 0 atom stereocenters. The fourth-order valence-electron chi connectivity index (χ4n) is 2.76. The molecule has 7 heteroatoms. The van der Waals surface area contributed by atoms with Crippen molar-refractivity contribution < 1.29 is 14.3 Å². The van der Waals surface area contributed by atoms with Crippen molar-refractivity contribution in [3.8, 4) is 5.75 Å². The molecule has 0 unspecified atom stereocenters. The molecule has 2 aromatic rings. The lowest BCUT2D eigenvalue weighted by molar-refractivity contribution is -0.130. The lowest BCUT2D eigenvalue weighted by Crippen LogP contribution is -2.50. The Bertz CT molecular complexity index is 766. The molecule has 1 fully saturated rings. The Morgan fingerprint density at radius 1 is 1.20 bits per heavy atom. The van der Waals surface area contributed by atoms with Gasteiger partial charge in [-0.2, -0.15) is 0 Å². The van der Waals surface area contributed by atoms with Crippen molar-refractivity contribution in [2.45, 2.75) is 20.5 Å². The van der Waals surface area contributed by atoms with E-state index in [4.69, 9.17) is 4.74 Å². The molecule has 1 aliphatic heterocycles. The van der Waals surface area contributed by atoms with Gasteiger partial charge in [-0.05, 0) is 25.1 Å². The van der Waals surface area contributed by atoms with Crippen LogP contribution in [0.1, 0.15) is 28.0 Å². The van der Waals surface area contributed by atoms with Crippen molar-refractivity contribution in [3.63, 3.8) is 0 Å². The van der Waals surface area contributed by atoms with Crippen LogP contribution in [0.15, 0.2) is 29.6 Å². The van der Waals surface area contributed by atoms with Crippen LogP contribution < -0.4 is 4.74 Å². The van der Waals surface area contributed by atoms with E-state index < -0.39 is 0 Å². The largest absolute Gasteiger partial charge is 0.487 e. The monoisotopic (exact) mass is 359 g/mol. The standard InChI is InChI=1S/C18H21N3O3S/c1-13-19-16(12-25-13)11-24-17-5-3-4-15(10-17)18(23)21-8-6-20(7-9-21)14(2)22/h3-5,10,12H,6-9,11H2,1-2H3. The first-order chi connectivity index (χ1) is 12.0. The molecule has 1 saturated heterocycles. The van der Waals surface area contributed by atoms with Gasteiger partial charge >= 0.3 is 0 Å². The van der Waals surface area contributed by atoms with Crippen LogP contribution in [0, 0.1) is 6.92 Å². The number of aryl methyl sites for hydroxylation is 1. The number of carbonyl (C=O) groups is 2. The minimum absolute atomic E-state index is 0.0295. The summed E-state index contributed by atoms with van der Waals surface area (Å²) in [6.07, 6.45) is 0. The Hall–Kier alpha value is -2.41. The second-order valence-corrected chi connectivity index (χ2v) is 7.03. The Labute approximate surface area is 151 Å². The highest BCUT2D eigenvalue weighted by Gasteiger charge is 2.23. The van der Waals surface area contributed by atoms with Crippen LogP contribution in [0.5, 0.6) is 5.75 Å². The highest BCUT2D eigenvalue weighted by Crippen LogP contribution is 2.18. The fraction of sp³-hybridized carbons (Fsp3) is 0.389. The number of thiazole rings is 1. The SMILES string of the molecule is CC(=O)N1CCN(C(=O)c2cccc(OCc3csc(C)n3)c2)CC1. The molecule has 2 amide bonds. The van der Waals surface area contributed by atoms with E-state index in [2.05, 4.69) is 4.98 Å². The van der Waals surface area contributed by atoms with Crippen molar-refractivity contribution in [2.75, 3.05) is 26.2 Å². The average Bonchev–Trinajstić information content (AvgIpc) is 3.05. The molecule has 6 nitrogen and oxygen atoms in total. The first-order valence-electron chi connectivity index (χ1n) is 8.21. The summed E-state index contributed by atoms with van der Waals surface area (Å²) in [5.41, 5.74) is 1.49. The summed E-state index contributed by atoms with van der Waals surface area (Å²) in [5.74, 6) is 0.678. The Balaban J connectivity index is 1.60. The van der Waals surface area contributed by atoms with Crippen molar-refractivity contribution in [2.24, 2.45) is 0 Å². The third kappa shape index (κ3) is 4.36. The molecule has 2 heterocycles. The predicted molar refractivity (Wildman–Crippen MR) is 95.8 cm³/mol. The molecule has 1 aromatic heterocycles. The van der Waals surface area contributed by atoms with Gasteiger partial charge in [-0.3, -0.25) is 9.59 Å². The second-order valence-electron chi connectivity index (χ2n) is 5.97. The lowest BCUT2D eigenvalue weighted by Gasteiger charge is -2.34. The van der Waals surface area contributed by atoms with E-state index >= 15 is 0 Å². The molecule has 0 N–H and O–H groups in total. The summed E-state index contributed by atoms with van der Waals surface area (Å²) in [5, 5.41) is 2.98. The zero-order valence-electron chi connectivity index (χ0n) is 14.4. The number of ether oxygens (including phenoxy) is 1. The van der Waals surface area contributed by atoms with Crippen LogP contribution >= 0.6 is 11.3 Å². The summed E-state index contributed by atoms with van der Waals surface area (Å²) in [6, 6.07) is 7.21. The lowest BCUT2D eigenvalue weighted by atomic mass is 10.1.